The minimum atomic E-state index is -0.431. The van der Waals surface area contributed by atoms with Crippen LogP contribution in [0, 0.1) is 23.0 Å². The third-order valence-electron chi connectivity index (χ3n) is 4.71. The summed E-state index contributed by atoms with van der Waals surface area (Å²) >= 11 is 0. The summed E-state index contributed by atoms with van der Waals surface area (Å²) in [6.45, 7) is 6.87. The molecule has 2 rings (SSSR count). The molecule has 1 aliphatic rings. The van der Waals surface area contributed by atoms with Gasteiger partial charge in [-0.05, 0) is 37.1 Å². The Bertz CT molecular complexity index is 422. The van der Waals surface area contributed by atoms with E-state index in [1.54, 1.807) is 0 Å². The highest BCUT2D eigenvalue weighted by Gasteiger charge is 2.69. The van der Waals surface area contributed by atoms with E-state index in [9.17, 15) is 8.78 Å². The Morgan fingerprint density at radius 1 is 1.18 bits per heavy atom. The average Bonchev–Trinajstić information content (AvgIpc) is 2.64. The fourth-order valence-corrected chi connectivity index (χ4v) is 3.26. The van der Waals surface area contributed by atoms with Gasteiger partial charge in [-0.2, -0.15) is 0 Å². The fourth-order valence-electron chi connectivity index (χ4n) is 3.26. The topological polar surface area (TPSA) is 12.0 Å². The van der Waals surface area contributed by atoms with Crippen molar-refractivity contribution < 1.29 is 8.78 Å². The Balaban J connectivity index is 2.47. The number of halogens is 2. The van der Waals surface area contributed by atoms with E-state index in [1.807, 2.05) is 14.0 Å². The molecular weight excluding hydrogens is 220 g/mol. The molecule has 2 atom stereocenters. The van der Waals surface area contributed by atoms with Gasteiger partial charge in [0.15, 0.2) is 0 Å². The number of benzene rings is 1. The summed E-state index contributed by atoms with van der Waals surface area (Å²) < 4.78 is 27.8. The molecule has 1 nitrogen and oxygen atoms in total. The zero-order valence-corrected chi connectivity index (χ0v) is 10.8. The monoisotopic (exact) mass is 239 g/mol. The van der Waals surface area contributed by atoms with Crippen LogP contribution in [0.5, 0.6) is 0 Å². The van der Waals surface area contributed by atoms with Crippen molar-refractivity contribution in [1.82, 2.24) is 5.32 Å². The van der Waals surface area contributed by atoms with Gasteiger partial charge >= 0.3 is 0 Å². The largest absolute Gasteiger partial charge is 0.319 e. The first-order chi connectivity index (χ1) is 7.87. The van der Waals surface area contributed by atoms with Crippen LogP contribution >= 0.6 is 0 Å². The highest BCUT2D eigenvalue weighted by atomic mass is 19.1. The summed E-state index contributed by atoms with van der Waals surface area (Å²) in [7, 11) is 1.87. The first kappa shape index (κ1) is 12.5. The summed E-state index contributed by atoms with van der Waals surface area (Å²) in [5.74, 6) is -0.607. The van der Waals surface area contributed by atoms with Gasteiger partial charge in [0.2, 0.25) is 0 Å². The van der Waals surface area contributed by atoms with E-state index < -0.39 is 17.0 Å². The lowest BCUT2D eigenvalue weighted by atomic mass is 9.89. The predicted octanol–water partition coefficient (Wildman–Crippen LogP) is 3.10. The second-order valence-electron chi connectivity index (χ2n) is 5.63. The van der Waals surface area contributed by atoms with Gasteiger partial charge in [0.25, 0.3) is 0 Å². The molecule has 17 heavy (non-hydrogen) atoms. The highest BCUT2D eigenvalue weighted by molar-refractivity contribution is 5.41. The van der Waals surface area contributed by atoms with E-state index >= 15 is 0 Å². The van der Waals surface area contributed by atoms with E-state index in [-0.39, 0.29) is 16.9 Å². The molecule has 0 radical (unpaired) electrons. The average molecular weight is 239 g/mol. The van der Waals surface area contributed by atoms with Gasteiger partial charge < -0.3 is 5.32 Å². The molecule has 0 bridgehead atoms. The zero-order chi connectivity index (χ0) is 12.8. The number of nitrogens with one attached hydrogen (secondary N) is 1. The van der Waals surface area contributed by atoms with Gasteiger partial charge in [-0.3, -0.25) is 0 Å². The fraction of sp³-hybridized carbons (Fsp3) is 0.571. The van der Waals surface area contributed by atoms with Crippen molar-refractivity contribution in [3.05, 3.63) is 35.4 Å². The molecule has 2 unspecified atom stereocenters. The molecule has 94 valence electrons. The van der Waals surface area contributed by atoms with Crippen LogP contribution in [0.25, 0.3) is 0 Å². The number of hydrogen-bond donors (Lipinski definition) is 1. The molecule has 1 aromatic rings. The normalized spacial score (nSPS) is 30.4. The van der Waals surface area contributed by atoms with Crippen molar-refractivity contribution >= 4 is 0 Å². The maximum absolute atomic E-state index is 13.9. The highest BCUT2D eigenvalue weighted by Crippen LogP contribution is 2.69. The molecule has 3 heteroatoms. The molecule has 0 aromatic heterocycles. The third-order valence-corrected chi connectivity index (χ3v) is 4.71. The molecule has 0 saturated heterocycles. The van der Waals surface area contributed by atoms with Crippen LogP contribution in [0.2, 0.25) is 0 Å². The minimum absolute atomic E-state index is 0.0843. The Hall–Kier alpha value is -0.960. The third kappa shape index (κ3) is 1.52. The molecule has 0 spiro atoms. The van der Waals surface area contributed by atoms with Gasteiger partial charge in [0.1, 0.15) is 11.6 Å². The van der Waals surface area contributed by atoms with Crippen molar-refractivity contribution in [3.63, 3.8) is 0 Å². The van der Waals surface area contributed by atoms with Gasteiger partial charge in [0.05, 0.1) is 0 Å². The SMILES string of the molecule is CNCC1C(C)(C)C1(C)c1c(F)cccc1F. The van der Waals surface area contributed by atoms with Crippen LogP contribution in [0.15, 0.2) is 18.2 Å². The van der Waals surface area contributed by atoms with Crippen LogP contribution in [0.1, 0.15) is 26.3 Å². The van der Waals surface area contributed by atoms with Crippen molar-refractivity contribution in [3.8, 4) is 0 Å². The first-order valence-corrected chi connectivity index (χ1v) is 5.96. The maximum atomic E-state index is 13.9. The Kier molecular flexibility index (Phi) is 2.77. The molecule has 0 amide bonds. The van der Waals surface area contributed by atoms with E-state index in [2.05, 4.69) is 19.2 Å². The van der Waals surface area contributed by atoms with Gasteiger partial charge in [-0.1, -0.05) is 26.8 Å². The van der Waals surface area contributed by atoms with Crippen molar-refractivity contribution in [2.24, 2.45) is 11.3 Å². The standard InChI is InChI=1S/C14H19F2N/c1-13(2)11(8-17-4)14(13,3)12-9(15)6-5-7-10(12)16/h5-7,11,17H,8H2,1-4H3. The number of rotatable bonds is 3. The van der Waals surface area contributed by atoms with Gasteiger partial charge in [0, 0.05) is 11.0 Å². The lowest BCUT2D eigenvalue weighted by Gasteiger charge is -2.17. The predicted molar refractivity (Wildman–Crippen MR) is 64.9 cm³/mol. The zero-order valence-electron chi connectivity index (χ0n) is 10.8. The van der Waals surface area contributed by atoms with Crippen LogP contribution in [0.4, 0.5) is 8.78 Å². The first-order valence-electron chi connectivity index (χ1n) is 5.96. The Morgan fingerprint density at radius 2 is 1.71 bits per heavy atom. The quantitative estimate of drug-likeness (QED) is 0.854. The molecule has 1 fully saturated rings. The molecular formula is C14H19F2N. The number of hydrogen-bond acceptors (Lipinski definition) is 1. The molecule has 0 aliphatic heterocycles. The molecule has 1 N–H and O–H groups in total. The Labute approximate surface area is 101 Å². The smallest absolute Gasteiger partial charge is 0.129 e. The van der Waals surface area contributed by atoms with Crippen molar-refractivity contribution in [1.29, 1.82) is 0 Å². The van der Waals surface area contributed by atoms with Crippen LogP contribution in [0.3, 0.4) is 0 Å². The van der Waals surface area contributed by atoms with E-state index in [0.29, 0.717) is 0 Å². The van der Waals surface area contributed by atoms with Crippen LogP contribution in [-0.4, -0.2) is 13.6 Å². The summed E-state index contributed by atoms with van der Waals surface area (Å²) in [4.78, 5) is 0. The van der Waals surface area contributed by atoms with Crippen molar-refractivity contribution in [2.75, 3.05) is 13.6 Å². The maximum Gasteiger partial charge on any atom is 0.129 e. The van der Waals surface area contributed by atoms with E-state index in [4.69, 9.17) is 0 Å². The summed E-state index contributed by atoms with van der Waals surface area (Å²) in [6, 6.07) is 4.10. The lowest BCUT2D eigenvalue weighted by molar-refractivity contribution is 0.467. The Morgan fingerprint density at radius 3 is 2.18 bits per heavy atom. The van der Waals surface area contributed by atoms with E-state index in [1.165, 1.54) is 18.2 Å². The minimum Gasteiger partial charge on any atom is -0.319 e. The second kappa shape index (κ2) is 3.77. The summed E-state index contributed by atoms with van der Waals surface area (Å²) in [6.07, 6.45) is 0. The van der Waals surface area contributed by atoms with Crippen LogP contribution < -0.4 is 5.32 Å². The summed E-state index contributed by atoms with van der Waals surface area (Å²) in [5.41, 5.74) is -0.268. The molecule has 1 saturated carbocycles. The van der Waals surface area contributed by atoms with E-state index in [0.717, 1.165) is 6.54 Å². The molecule has 0 heterocycles. The van der Waals surface area contributed by atoms with Crippen LogP contribution in [-0.2, 0) is 5.41 Å². The molecule has 1 aromatic carbocycles. The van der Waals surface area contributed by atoms with Crippen molar-refractivity contribution in [2.45, 2.75) is 26.2 Å². The summed E-state index contributed by atoms with van der Waals surface area (Å²) in [5, 5.41) is 3.10. The molecule has 1 aliphatic carbocycles. The van der Waals surface area contributed by atoms with Gasteiger partial charge in [-0.25, -0.2) is 8.78 Å². The lowest BCUT2D eigenvalue weighted by Crippen LogP contribution is -2.18. The second-order valence-corrected chi connectivity index (χ2v) is 5.63. The van der Waals surface area contributed by atoms with Gasteiger partial charge in [-0.15, -0.1) is 0 Å².